The average Bonchev–Trinajstić information content (AvgIpc) is 3.11. The summed E-state index contributed by atoms with van der Waals surface area (Å²) < 4.78 is 4.79. The van der Waals surface area contributed by atoms with Crippen molar-refractivity contribution in [3.05, 3.63) is 65.4 Å². The van der Waals surface area contributed by atoms with E-state index in [-0.39, 0.29) is 11.4 Å². The van der Waals surface area contributed by atoms with Gasteiger partial charge >= 0.3 is 5.97 Å². The van der Waals surface area contributed by atoms with Crippen molar-refractivity contribution in [1.82, 2.24) is 4.98 Å². The highest BCUT2D eigenvalue weighted by atomic mass is 16.5. The van der Waals surface area contributed by atoms with Gasteiger partial charge in [-0.1, -0.05) is 30.3 Å². The van der Waals surface area contributed by atoms with Crippen molar-refractivity contribution in [2.45, 2.75) is 0 Å². The minimum absolute atomic E-state index is 0.0770. The third-order valence-corrected chi connectivity index (χ3v) is 4.09. The first-order valence-corrected chi connectivity index (χ1v) is 7.30. The number of benzene rings is 2. The summed E-state index contributed by atoms with van der Waals surface area (Å²) in [6, 6.07) is 13.7. The van der Waals surface area contributed by atoms with Gasteiger partial charge in [-0.25, -0.2) is 9.69 Å². The van der Waals surface area contributed by atoms with Gasteiger partial charge in [-0.05, 0) is 18.2 Å². The topological polar surface area (TPSA) is 79.5 Å². The summed E-state index contributed by atoms with van der Waals surface area (Å²) in [4.78, 5) is 41.6. The number of methoxy groups -OCH3 is 1. The molecule has 1 aromatic heterocycles. The van der Waals surface area contributed by atoms with E-state index in [4.69, 9.17) is 4.74 Å². The van der Waals surface area contributed by atoms with Gasteiger partial charge in [-0.3, -0.25) is 9.59 Å². The Balaban J connectivity index is 1.99. The van der Waals surface area contributed by atoms with Crippen LogP contribution in [0.3, 0.4) is 0 Å². The minimum Gasteiger partial charge on any atom is -0.464 e. The Morgan fingerprint density at radius 3 is 2.17 bits per heavy atom. The number of ether oxygens (including phenoxy) is 1. The summed E-state index contributed by atoms with van der Waals surface area (Å²) in [5, 5.41) is 0.604. The van der Waals surface area contributed by atoms with E-state index in [9.17, 15) is 14.4 Å². The van der Waals surface area contributed by atoms with Gasteiger partial charge in [0.25, 0.3) is 11.8 Å². The smallest absolute Gasteiger partial charge is 0.356 e. The highest BCUT2D eigenvalue weighted by Gasteiger charge is 2.40. The van der Waals surface area contributed by atoms with Crippen molar-refractivity contribution in [2.24, 2.45) is 0 Å². The lowest BCUT2D eigenvalue weighted by atomic mass is 10.1. The van der Waals surface area contributed by atoms with E-state index >= 15 is 0 Å². The van der Waals surface area contributed by atoms with Gasteiger partial charge in [0, 0.05) is 10.9 Å². The molecule has 0 saturated heterocycles. The molecule has 1 N–H and O–H groups in total. The number of hydrogen-bond acceptors (Lipinski definition) is 4. The Hall–Kier alpha value is -3.41. The van der Waals surface area contributed by atoms with Crippen LogP contribution < -0.4 is 4.90 Å². The molecule has 3 aromatic rings. The molecule has 0 spiro atoms. The van der Waals surface area contributed by atoms with Gasteiger partial charge < -0.3 is 9.72 Å². The van der Waals surface area contributed by atoms with Crippen LogP contribution >= 0.6 is 0 Å². The van der Waals surface area contributed by atoms with Crippen LogP contribution in [0.1, 0.15) is 31.2 Å². The molecule has 0 unspecified atom stereocenters. The highest BCUT2D eigenvalue weighted by molar-refractivity contribution is 6.37. The summed E-state index contributed by atoms with van der Waals surface area (Å²) in [7, 11) is 1.25. The van der Waals surface area contributed by atoms with Crippen molar-refractivity contribution in [1.29, 1.82) is 0 Å². The normalized spacial score (nSPS) is 13.5. The monoisotopic (exact) mass is 320 g/mol. The molecule has 0 saturated carbocycles. The molecule has 2 amide bonds. The van der Waals surface area contributed by atoms with E-state index in [0.717, 1.165) is 4.90 Å². The molecule has 1 aliphatic heterocycles. The molecule has 0 fully saturated rings. The number of nitrogens with zero attached hydrogens (tertiary/aromatic N) is 1. The fourth-order valence-electron chi connectivity index (χ4n) is 3.00. The Bertz CT molecular complexity index is 984. The first-order chi connectivity index (χ1) is 11.6. The van der Waals surface area contributed by atoms with Gasteiger partial charge in [0.2, 0.25) is 0 Å². The molecule has 2 heterocycles. The number of rotatable bonds is 2. The van der Waals surface area contributed by atoms with Crippen LogP contribution in [0, 0.1) is 0 Å². The molecule has 6 nitrogen and oxygen atoms in total. The number of aromatic nitrogens is 1. The standard InChI is InChI=1S/C18H12N2O4/c1-24-18(23)14-15(12-8-4-5-9-13(12)19-14)20-16(21)10-6-2-3-7-11(10)17(20)22/h2-9,19H,1H3. The van der Waals surface area contributed by atoms with Gasteiger partial charge in [0.1, 0.15) is 0 Å². The molecule has 0 bridgehead atoms. The number of aromatic amines is 1. The number of H-pyrrole nitrogens is 1. The van der Waals surface area contributed by atoms with Crippen LogP contribution in [0.5, 0.6) is 0 Å². The molecular weight excluding hydrogens is 308 g/mol. The molecule has 2 aromatic carbocycles. The molecule has 1 aliphatic rings. The second kappa shape index (κ2) is 5.06. The zero-order chi connectivity index (χ0) is 16.8. The van der Waals surface area contributed by atoms with Crippen LogP contribution in [0.15, 0.2) is 48.5 Å². The number of nitrogens with one attached hydrogen (secondary N) is 1. The van der Waals surface area contributed by atoms with Gasteiger partial charge in [-0.2, -0.15) is 0 Å². The van der Waals surface area contributed by atoms with E-state index in [1.54, 1.807) is 48.5 Å². The summed E-state index contributed by atoms with van der Waals surface area (Å²) >= 11 is 0. The predicted octanol–water partition coefficient (Wildman–Crippen LogP) is 2.76. The van der Waals surface area contributed by atoms with Crippen molar-refractivity contribution >= 4 is 34.4 Å². The number of imide groups is 1. The summed E-state index contributed by atoms with van der Waals surface area (Å²) in [5.74, 6) is -1.55. The van der Waals surface area contributed by atoms with E-state index in [1.807, 2.05) is 0 Å². The SMILES string of the molecule is COC(=O)c1[nH]c2ccccc2c1N1C(=O)c2ccccc2C1=O. The lowest BCUT2D eigenvalue weighted by Gasteiger charge is -2.14. The number of fused-ring (bicyclic) bond motifs is 2. The number of carbonyl (C=O) groups excluding carboxylic acids is 3. The van der Waals surface area contributed by atoms with Crippen molar-refractivity contribution < 1.29 is 19.1 Å². The highest BCUT2D eigenvalue weighted by Crippen LogP contribution is 2.36. The lowest BCUT2D eigenvalue weighted by Crippen LogP contribution is -2.30. The number of hydrogen-bond donors (Lipinski definition) is 1. The summed E-state index contributed by atoms with van der Waals surface area (Å²) in [6.45, 7) is 0. The average molecular weight is 320 g/mol. The Kier molecular flexibility index (Phi) is 2.99. The van der Waals surface area contributed by atoms with Crippen LogP contribution in [0.25, 0.3) is 10.9 Å². The lowest BCUT2D eigenvalue weighted by molar-refractivity contribution is 0.0596. The molecule has 0 radical (unpaired) electrons. The molecule has 24 heavy (non-hydrogen) atoms. The third-order valence-electron chi connectivity index (χ3n) is 4.09. The molecule has 6 heteroatoms. The van der Waals surface area contributed by atoms with E-state index in [2.05, 4.69) is 4.98 Å². The van der Waals surface area contributed by atoms with E-state index < -0.39 is 17.8 Å². The zero-order valence-corrected chi connectivity index (χ0v) is 12.7. The summed E-state index contributed by atoms with van der Waals surface area (Å²) in [5.41, 5.74) is 1.59. The number of para-hydroxylation sites is 1. The Labute approximate surface area is 136 Å². The number of esters is 1. The van der Waals surface area contributed by atoms with Gasteiger partial charge in [0.05, 0.1) is 23.9 Å². The molecular formula is C18H12N2O4. The minimum atomic E-state index is -0.641. The third kappa shape index (κ3) is 1.80. The molecule has 0 aliphatic carbocycles. The van der Waals surface area contributed by atoms with E-state index in [0.29, 0.717) is 22.0 Å². The van der Waals surface area contributed by atoms with Crippen molar-refractivity contribution in [2.75, 3.05) is 12.0 Å². The van der Waals surface area contributed by atoms with E-state index in [1.165, 1.54) is 7.11 Å². The first-order valence-electron chi connectivity index (χ1n) is 7.30. The number of amides is 2. The maximum Gasteiger partial charge on any atom is 0.356 e. The van der Waals surface area contributed by atoms with Gasteiger partial charge in [-0.15, -0.1) is 0 Å². The quantitative estimate of drug-likeness (QED) is 0.581. The number of carbonyl (C=O) groups is 3. The maximum atomic E-state index is 12.8. The summed E-state index contributed by atoms with van der Waals surface area (Å²) in [6.07, 6.45) is 0. The van der Waals surface area contributed by atoms with Crippen LogP contribution in [0.4, 0.5) is 5.69 Å². The fourth-order valence-corrected chi connectivity index (χ4v) is 3.00. The largest absolute Gasteiger partial charge is 0.464 e. The second-order valence-corrected chi connectivity index (χ2v) is 5.38. The predicted molar refractivity (Wildman–Crippen MR) is 87.2 cm³/mol. The zero-order valence-electron chi connectivity index (χ0n) is 12.7. The van der Waals surface area contributed by atoms with Crippen molar-refractivity contribution in [3.8, 4) is 0 Å². The number of anilines is 1. The second-order valence-electron chi connectivity index (χ2n) is 5.38. The molecule has 0 atom stereocenters. The maximum absolute atomic E-state index is 12.8. The molecule has 118 valence electrons. The Morgan fingerprint density at radius 2 is 1.54 bits per heavy atom. The van der Waals surface area contributed by atoms with Crippen LogP contribution in [-0.2, 0) is 4.74 Å². The van der Waals surface area contributed by atoms with Crippen molar-refractivity contribution in [3.63, 3.8) is 0 Å². The van der Waals surface area contributed by atoms with Crippen LogP contribution in [0.2, 0.25) is 0 Å². The Morgan fingerprint density at radius 1 is 0.958 bits per heavy atom. The van der Waals surface area contributed by atoms with Crippen LogP contribution in [-0.4, -0.2) is 29.9 Å². The molecule has 4 rings (SSSR count). The fraction of sp³-hybridized carbons (Fsp3) is 0.0556. The first kappa shape index (κ1) is 14.2. The van der Waals surface area contributed by atoms with Gasteiger partial charge in [0.15, 0.2) is 5.69 Å².